The maximum absolute atomic E-state index is 12.4. The molecule has 2 nitrogen and oxygen atoms in total. The summed E-state index contributed by atoms with van der Waals surface area (Å²) in [4.78, 5) is 12.4. The zero-order valence-corrected chi connectivity index (χ0v) is 12.8. The molecule has 4 aliphatic rings. The molecule has 0 spiro atoms. The van der Waals surface area contributed by atoms with Crippen molar-refractivity contribution in [1.29, 1.82) is 0 Å². The van der Waals surface area contributed by atoms with Crippen LogP contribution in [0.5, 0.6) is 0 Å². The molecule has 4 bridgehead atoms. The minimum Gasteiger partial charge on any atom is -0.356 e. The van der Waals surface area contributed by atoms with Gasteiger partial charge in [-0.25, -0.2) is 0 Å². The highest BCUT2D eigenvalue weighted by Crippen LogP contribution is 2.56. The first-order chi connectivity index (χ1) is 8.67. The Kier molecular flexibility index (Phi) is 3.70. The van der Waals surface area contributed by atoms with Crippen LogP contribution in [-0.4, -0.2) is 17.8 Å². The first-order valence-corrected chi connectivity index (χ1v) is 8.63. The number of alkyl halides is 1. The average molecular weight is 314 g/mol. The van der Waals surface area contributed by atoms with E-state index in [1.807, 2.05) is 0 Å². The molecule has 0 aromatic rings. The van der Waals surface area contributed by atoms with Gasteiger partial charge in [0, 0.05) is 17.8 Å². The molecule has 4 rings (SSSR count). The Hall–Kier alpha value is -0.0500. The Bertz CT molecular complexity index is 302. The van der Waals surface area contributed by atoms with E-state index in [1.165, 1.54) is 32.1 Å². The van der Waals surface area contributed by atoms with E-state index < -0.39 is 0 Å². The third kappa shape index (κ3) is 2.35. The largest absolute Gasteiger partial charge is 0.356 e. The predicted octanol–water partition coefficient (Wildman–Crippen LogP) is 3.21. The van der Waals surface area contributed by atoms with Crippen molar-refractivity contribution in [2.45, 2.75) is 39.0 Å². The lowest BCUT2D eigenvalue weighted by Gasteiger charge is -2.53. The van der Waals surface area contributed by atoms with Crippen molar-refractivity contribution in [3.8, 4) is 0 Å². The summed E-state index contributed by atoms with van der Waals surface area (Å²) in [7, 11) is 0. The lowest BCUT2D eigenvalue weighted by Crippen LogP contribution is -2.51. The third-order valence-electron chi connectivity index (χ3n) is 5.42. The fraction of sp³-hybridized carbons (Fsp3) is 0.933. The maximum Gasteiger partial charge on any atom is 0.223 e. The van der Waals surface area contributed by atoms with Gasteiger partial charge in [0.1, 0.15) is 0 Å². The monoisotopic (exact) mass is 313 g/mol. The summed E-state index contributed by atoms with van der Waals surface area (Å²) in [6.45, 7) is 3.00. The van der Waals surface area contributed by atoms with Crippen LogP contribution in [0.3, 0.4) is 0 Å². The number of carbonyl (C=O) groups is 1. The van der Waals surface area contributed by atoms with Crippen LogP contribution in [0.1, 0.15) is 39.0 Å². The van der Waals surface area contributed by atoms with Crippen LogP contribution in [0.15, 0.2) is 0 Å². The molecule has 4 saturated carbocycles. The van der Waals surface area contributed by atoms with Crippen molar-refractivity contribution in [3.63, 3.8) is 0 Å². The molecule has 1 atom stereocenters. The number of hydrogen-bond donors (Lipinski definition) is 1. The van der Waals surface area contributed by atoms with Crippen molar-refractivity contribution in [3.05, 3.63) is 0 Å². The molecular formula is C15H24BrNO. The Labute approximate surface area is 118 Å². The maximum atomic E-state index is 12.4. The van der Waals surface area contributed by atoms with E-state index >= 15 is 0 Å². The third-order valence-corrected chi connectivity index (χ3v) is 6.52. The predicted molar refractivity (Wildman–Crippen MR) is 76.5 cm³/mol. The molecular weight excluding hydrogens is 290 g/mol. The fourth-order valence-electron chi connectivity index (χ4n) is 4.80. The second-order valence-electron chi connectivity index (χ2n) is 6.96. The van der Waals surface area contributed by atoms with Gasteiger partial charge in [-0.2, -0.15) is 0 Å². The molecule has 3 heteroatoms. The Morgan fingerprint density at radius 2 is 1.72 bits per heavy atom. The molecule has 0 radical (unpaired) electrons. The number of carbonyl (C=O) groups excluding carboxylic acids is 1. The Morgan fingerprint density at radius 1 is 1.17 bits per heavy atom. The van der Waals surface area contributed by atoms with E-state index in [2.05, 4.69) is 28.2 Å². The first-order valence-electron chi connectivity index (χ1n) is 7.51. The second-order valence-corrected chi connectivity index (χ2v) is 7.61. The van der Waals surface area contributed by atoms with Crippen molar-refractivity contribution in [2.75, 3.05) is 11.9 Å². The van der Waals surface area contributed by atoms with Crippen LogP contribution in [0.4, 0.5) is 0 Å². The minimum absolute atomic E-state index is 0.348. The van der Waals surface area contributed by atoms with E-state index in [9.17, 15) is 4.79 Å². The molecule has 102 valence electrons. The lowest BCUT2D eigenvalue weighted by molar-refractivity contribution is -0.138. The van der Waals surface area contributed by atoms with Gasteiger partial charge in [-0.1, -0.05) is 22.9 Å². The van der Waals surface area contributed by atoms with Crippen molar-refractivity contribution >= 4 is 21.8 Å². The highest BCUT2D eigenvalue weighted by Gasteiger charge is 2.50. The van der Waals surface area contributed by atoms with Crippen molar-refractivity contribution < 1.29 is 4.79 Å². The van der Waals surface area contributed by atoms with E-state index in [-0.39, 0.29) is 0 Å². The van der Waals surface area contributed by atoms with Gasteiger partial charge in [0.05, 0.1) is 0 Å². The summed E-state index contributed by atoms with van der Waals surface area (Å²) < 4.78 is 0. The number of hydrogen-bond acceptors (Lipinski definition) is 1. The molecule has 1 amide bonds. The molecule has 0 aromatic carbocycles. The van der Waals surface area contributed by atoms with Crippen molar-refractivity contribution in [2.24, 2.45) is 35.5 Å². The van der Waals surface area contributed by atoms with Gasteiger partial charge in [0.25, 0.3) is 0 Å². The van der Waals surface area contributed by atoms with E-state index in [4.69, 9.17) is 0 Å². The molecule has 4 aliphatic carbocycles. The topological polar surface area (TPSA) is 29.1 Å². The van der Waals surface area contributed by atoms with Gasteiger partial charge >= 0.3 is 0 Å². The Morgan fingerprint density at radius 3 is 2.22 bits per heavy atom. The zero-order valence-electron chi connectivity index (χ0n) is 11.2. The minimum atomic E-state index is 0.348. The van der Waals surface area contributed by atoms with E-state index in [0.29, 0.717) is 29.6 Å². The summed E-state index contributed by atoms with van der Waals surface area (Å²) in [6, 6.07) is 0. The van der Waals surface area contributed by atoms with Gasteiger partial charge in [-0.15, -0.1) is 0 Å². The van der Waals surface area contributed by atoms with Gasteiger partial charge in [0.2, 0.25) is 5.91 Å². The van der Waals surface area contributed by atoms with E-state index in [1.54, 1.807) is 0 Å². The fourth-order valence-corrected chi connectivity index (χ4v) is 5.03. The molecule has 4 fully saturated rings. The van der Waals surface area contributed by atoms with Crippen LogP contribution in [0.2, 0.25) is 0 Å². The van der Waals surface area contributed by atoms with Gasteiger partial charge in [-0.3, -0.25) is 4.79 Å². The number of halogens is 1. The van der Waals surface area contributed by atoms with Crippen LogP contribution < -0.4 is 5.32 Å². The van der Waals surface area contributed by atoms with E-state index in [0.717, 1.165) is 23.7 Å². The van der Waals surface area contributed by atoms with Crippen LogP contribution >= 0.6 is 15.9 Å². The number of nitrogens with one attached hydrogen (secondary N) is 1. The number of rotatable bonds is 4. The summed E-state index contributed by atoms with van der Waals surface area (Å²) in [6.07, 6.45) is 6.79. The quantitative estimate of drug-likeness (QED) is 0.793. The summed E-state index contributed by atoms with van der Waals surface area (Å²) in [5.74, 6) is 4.57. The smallest absolute Gasteiger partial charge is 0.223 e. The molecule has 0 heterocycles. The standard InChI is InChI=1S/C15H24BrNO/c1-9(7-16)8-17-15(18)14-12-3-10-2-11(5-12)6-13(14)4-10/h9-14H,2-8H2,1H3,(H,17,18). The normalized spacial score (nSPS) is 42.9. The molecule has 18 heavy (non-hydrogen) atoms. The molecule has 0 aromatic heterocycles. The van der Waals surface area contributed by atoms with Crippen LogP contribution in [0.25, 0.3) is 0 Å². The summed E-state index contributed by atoms with van der Waals surface area (Å²) in [5, 5.41) is 4.16. The highest BCUT2D eigenvalue weighted by atomic mass is 79.9. The SMILES string of the molecule is CC(CBr)CNC(=O)C1C2CC3CC(C2)CC1C3. The van der Waals surface area contributed by atoms with Gasteiger partial charge in [-0.05, 0) is 61.7 Å². The van der Waals surface area contributed by atoms with Crippen molar-refractivity contribution in [1.82, 2.24) is 5.32 Å². The molecule has 0 saturated heterocycles. The lowest BCUT2D eigenvalue weighted by atomic mass is 9.51. The molecule has 1 N–H and O–H groups in total. The zero-order chi connectivity index (χ0) is 12.7. The molecule has 0 aliphatic heterocycles. The number of amides is 1. The highest BCUT2D eigenvalue weighted by molar-refractivity contribution is 9.09. The van der Waals surface area contributed by atoms with Gasteiger partial charge < -0.3 is 5.32 Å². The Balaban J connectivity index is 1.60. The van der Waals surface area contributed by atoms with Gasteiger partial charge in [0.15, 0.2) is 0 Å². The summed E-state index contributed by atoms with van der Waals surface area (Å²) in [5.41, 5.74) is 0. The van der Waals surface area contributed by atoms with Crippen LogP contribution in [-0.2, 0) is 4.79 Å². The second kappa shape index (κ2) is 5.15. The molecule has 1 unspecified atom stereocenters. The summed E-state index contributed by atoms with van der Waals surface area (Å²) >= 11 is 3.47. The average Bonchev–Trinajstić information content (AvgIpc) is 2.34. The first kappa shape index (κ1) is 13.0. The van der Waals surface area contributed by atoms with Crippen LogP contribution in [0, 0.1) is 35.5 Å².